The summed E-state index contributed by atoms with van der Waals surface area (Å²) in [7, 11) is 0. The van der Waals surface area contributed by atoms with Gasteiger partial charge in [0, 0.05) is 28.3 Å². The summed E-state index contributed by atoms with van der Waals surface area (Å²) < 4.78 is 0. The number of rotatable bonds is 14. The van der Waals surface area contributed by atoms with Crippen molar-refractivity contribution in [3.63, 3.8) is 0 Å². The molecule has 4 aromatic heterocycles. The van der Waals surface area contributed by atoms with Crippen LogP contribution in [0.25, 0.3) is 57.6 Å². The van der Waals surface area contributed by atoms with Crippen LogP contribution in [0.4, 0.5) is 0 Å². The van der Waals surface area contributed by atoms with Gasteiger partial charge >= 0.3 is 0 Å². The quantitative estimate of drug-likeness (QED) is 0.125. The van der Waals surface area contributed by atoms with E-state index >= 15 is 0 Å². The number of pyridine rings is 1. The van der Waals surface area contributed by atoms with Crippen LogP contribution in [0.3, 0.4) is 0 Å². The Bertz CT molecular complexity index is 1770. The number of aromatic amines is 2. The predicted octanol–water partition coefficient (Wildman–Crippen LogP) is 11.0. The highest BCUT2D eigenvalue weighted by Gasteiger charge is 2.12. The normalized spacial score (nSPS) is 12.3. The molecule has 0 atom stereocenters. The Balaban J connectivity index is 1.20. The number of aryl methyl sites for hydroxylation is 1. The molecule has 6 heterocycles. The molecule has 2 N–H and O–H groups in total. The molecule has 8 bridgehead atoms. The minimum Gasteiger partial charge on any atom is -0.355 e. The van der Waals surface area contributed by atoms with E-state index in [1.165, 1.54) is 82.6 Å². The zero-order valence-electron chi connectivity index (χ0n) is 26.1. The first-order valence-corrected chi connectivity index (χ1v) is 16.8. The van der Waals surface area contributed by atoms with Crippen molar-refractivity contribution in [3.8, 4) is 11.3 Å². The van der Waals surface area contributed by atoms with E-state index in [4.69, 9.17) is 15.0 Å². The lowest BCUT2D eigenvalue weighted by Crippen LogP contribution is -1.93. The molecule has 0 radical (unpaired) electrons. The fraction of sp³-hybridized carbons (Fsp3) is 0.359. The van der Waals surface area contributed by atoms with Crippen molar-refractivity contribution in [2.75, 3.05) is 0 Å². The van der Waals surface area contributed by atoms with Gasteiger partial charge in [0.05, 0.1) is 34.0 Å². The lowest BCUT2D eigenvalue weighted by Gasteiger charge is -2.08. The fourth-order valence-electron chi connectivity index (χ4n) is 6.25. The smallest absolute Gasteiger partial charge is 0.0755 e. The Kier molecular flexibility index (Phi) is 10.1. The summed E-state index contributed by atoms with van der Waals surface area (Å²) >= 11 is 0. The standard InChI is InChI=1S/C39H45N5/c1-2-3-4-5-6-7-8-9-10-11-12-13-15-29-16-14-23-40-39(29)37-27-36-26-34-20-19-32(42-34)24-30-17-18-31(41-30)25-33-21-22-35(43-33)28-38(37)44-36/h14,16-28,42,44H,2-13,15H2,1H3. The van der Waals surface area contributed by atoms with Crippen molar-refractivity contribution in [2.45, 2.75) is 90.4 Å². The number of nitrogens with one attached hydrogen (secondary N) is 2. The number of fused-ring (bicyclic) bond motifs is 8. The molecule has 0 spiro atoms. The number of nitrogens with zero attached hydrogens (tertiary/aromatic N) is 3. The average molecular weight is 584 g/mol. The molecule has 5 heteroatoms. The second-order valence-electron chi connectivity index (χ2n) is 12.2. The first kappa shape index (κ1) is 29.8. The van der Waals surface area contributed by atoms with Crippen LogP contribution in [-0.4, -0.2) is 24.9 Å². The topological polar surface area (TPSA) is 70.2 Å². The summed E-state index contributed by atoms with van der Waals surface area (Å²) in [4.78, 5) is 21.7. The van der Waals surface area contributed by atoms with E-state index in [1.807, 2.05) is 30.5 Å². The summed E-state index contributed by atoms with van der Waals surface area (Å²) in [6, 6.07) is 19.1. The van der Waals surface area contributed by atoms with Crippen molar-refractivity contribution < 1.29 is 0 Å². The average Bonchev–Trinajstić information content (AvgIpc) is 3.84. The van der Waals surface area contributed by atoms with Gasteiger partial charge in [-0.15, -0.1) is 0 Å². The third kappa shape index (κ3) is 8.02. The molecule has 0 fully saturated rings. The van der Waals surface area contributed by atoms with E-state index in [0.717, 1.165) is 62.5 Å². The SMILES string of the molecule is CCCCCCCCCCCCCCc1cccnc1-c1cc2cc3ccc(cc4nc(cc5nc(cc1[nH]2)C=C5)C=C4)[nH]3. The van der Waals surface area contributed by atoms with Crippen LogP contribution >= 0.6 is 0 Å². The van der Waals surface area contributed by atoms with Crippen molar-refractivity contribution in [1.82, 2.24) is 24.9 Å². The van der Waals surface area contributed by atoms with Crippen LogP contribution in [0.15, 0.2) is 60.8 Å². The van der Waals surface area contributed by atoms with Gasteiger partial charge in [0.1, 0.15) is 0 Å². The Morgan fingerprint density at radius 2 is 1.14 bits per heavy atom. The Hall–Kier alpha value is -4.25. The van der Waals surface area contributed by atoms with Gasteiger partial charge in [-0.1, -0.05) is 83.6 Å². The van der Waals surface area contributed by atoms with Gasteiger partial charge in [-0.3, -0.25) is 4.98 Å². The lowest BCUT2D eigenvalue weighted by atomic mass is 10.00. The van der Waals surface area contributed by atoms with Gasteiger partial charge in [0.15, 0.2) is 0 Å². The highest BCUT2D eigenvalue weighted by Crippen LogP contribution is 2.30. The van der Waals surface area contributed by atoms with Crippen LogP contribution in [0.1, 0.15) is 112 Å². The van der Waals surface area contributed by atoms with E-state index < -0.39 is 0 Å². The number of unbranched alkanes of at least 4 members (excludes halogenated alkanes) is 11. The number of H-pyrrole nitrogens is 2. The van der Waals surface area contributed by atoms with Gasteiger partial charge in [0.2, 0.25) is 0 Å². The molecule has 0 saturated carbocycles. The van der Waals surface area contributed by atoms with Gasteiger partial charge < -0.3 is 9.97 Å². The first-order chi connectivity index (χ1) is 21.7. The maximum Gasteiger partial charge on any atom is 0.0755 e. The van der Waals surface area contributed by atoms with Crippen LogP contribution < -0.4 is 0 Å². The first-order valence-electron chi connectivity index (χ1n) is 16.8. The van der Waals surface area contributed by atoms with Gasteiger partial charge in [-0.25, -0.2) is 9.97 Å². The summed E-state index contributed by atoms with van der Waals surface area (Å²) in [6.07, 6.45) is 27.5. The van der Waals surface area contributed by atoms with E-state index in [2.05, 4.69) is 71.5 Å². The number of hydrogen-bond acceptors (Lipinski definition) is 3. The van der Waals surface area contributed by atoms with Gasteiger partial charge in [0.25, 0.3) is 0 Å². The molecule has 2 aliphatic heterocycles. The Morgan fingerprint density at radius 3 is 1.82 bits per heavy atom. The summed E-state index contributed by atoms with van der Waals surface area (Å²) in [6.45, 7) is 2.29. The van der Waals surface area contributed by atoms with Crippen LogP contribution in [0.5, 0.6) is 0 Å². The molecular weight excluding hydrogens is 538 g/mol. The van der Waals surface area contributed by atoms with Crippen molar-refractivity contribution in [2.24, 2.45) is 0 Å². The van der Waals surface area contributed by atoms with Crippen LogP contribution in [-0.2, 0) is 6.42 Å². The molecule has 0 saturated heterocycles. The largest absolute Gasteiger partial charge is 0.355 e. The molecule has 2 aliphatic rings. The van der Waals surface area contributed by atoms with Crippen molar-refractivity contribution in [3.05, 3.63) is 89.1 Å². The zero-order valence-corrected chi connectivity index (χ0v) is 26.1. The minimum atomic E-state index is 0.903. The van der Waals surface area contributed by atoms with Crippen LogP contribution in [0.2, 0.25) is 0 Å². The molecule has 5 nitrogen and oxygen atoms in total. The summed E-state index contributed by atoms with van der Waals surface area (Å²) in [5.41, 5.74) is 11.2. The molecular formula is C39H45N5. The second-order valence-corrected chi connectivity index (χ2v) is 12.2. The minimum absolute atomic E-state index is 0.903. The third-order valence-electron chi connectivity index (χ3n) is 8.61. The monoisotopic (exact) mass is 583 g/mol. The number of hydrogen-bond donors (Lipinski definition) is 2. The molecule has 0 unspecified atom stereocenters. The van der Waals surface area contributed by atoms with E-state index in [1.54, 1.807) is 0 Å². The maximum atomic E-state index is 4.91. The Labute approximate surface area is 261 Å². The van der Waals surface area contributed by atoms with E-state index in [9.17, 15) is 0 Å². The molecule has 0 aromatic carbocycles. The van der Waals surface area contributed by atoms with Crippen molar-refractivity contribution >= 4 is 46.4 Å². The van der Waals surface area contributed by atoms with E-state index in [-0.39, 0.29) is 0 Å². The molecule has 4 aromatic rings. The Morgan fingerprint density at radius 1 is 0.545 bits per heavy atom. The third-order valence-corrected chi connectivity index (χ3v) is 8.61. The molecule has 6 rings (SSSR count). The van der Waals surface area contributed by atoms with E-state index in [0.29, 0.717) is 0 Å². The lowest BCUT2D eigenvalue weighted by molar-refractivity contribution is 0.544. The highest BCUT2D eigenvalue weighted by atomic mass is 14.8. The highest BCUT2D eigenvalue weighted by molar-refractivity contribution is 5.87. The van der Waals surface area contributed by atoms with Crippen LogP contribution in [0, 0.1) is 0 Å². The van der Waals surface area contributed by atoms with Gasteiger partial charge in [-0.2, -0.15) is 0 Å². The number of aromatic nitrogens is 5. The molecule has 0 aliphatic carbocycles. The molecule has 0 amide bonds. The zero-order chi connectivity index (χ0) is 30.0. The maximum absolute atomic E-state index is 4.91. The summed E-state index contributed by atoms with van der Waals surface area (Å²) in [5, 5.41) is 0. The molecule has 44 heavy (non-hydrogen) atoms. The predicted molar refractivity (Wildman–Crippen MR) is 187 cm³/mol. The molecule has 226 valence electrons. The van der Waals surface area contributed by atoms with Gasteiger partial charge in [-0.05, 0) is 91.2 Å². The second kappa shape index (κ2) is 15.0. The summed E-state index contributed by atoms with van der Waals surface area (Å²) in [5.74, 6) is 0. The fourth-order valence-corrected chi connectivity index (χ4v) is 6.25. The van der Waals surface area contributed by atoms with Crippen molar-refractivity contribution in [1.29, 1.82) is 0 Å².